The largest absolute Gasteiger partial charge is 0.497 e. The number of guanidine groups is 1. The molecule has 0 saturated heterocycles. The second-order valence-corrected chi connectivity index (χ2v) is 6.43. The maximum atomic E-state index is 5.95. The number of hydrogen-bond acceptors (Lipinski definition) is 4. The van der Waals surface area contributed by atoms with Crippen LogP contribution >= 0.6 is 24.0 Å². The molecule has 1 aliphatic rings. The van der Waals surface area contributed by atoms with Crippen molar-refractivity contribution in [3.8, 4) is 17.2 Å². The monoisotopic (exact) mass is 497 g/mol. The summed E-state index contributed by atoms with van der Waals surface area (Å²) >= 11 is 0. The third kappa shape index (κ3) is 5.92. The lowest BCUT2D eigenvalue weighted by Crippen LogP contribution is -2.44. The van der Waals surface area contributed by atoms with Crippen LogP contribution in [0.25, 0.3) is 0 Å². The molecule has 0 saturated carbocycles. The Morgan fingerprint density at radius 2 is 2.00 bits per heavy atom. The lowest BCUT2D eigenvalue weighted by molar-refractivity contribution is 0.222. The lowest BCUT2D eigenvalue weighted by Gasteiger charge is -2.28. The van der Waals surface area contributed by atoms with E-state index in [0.29, 0.717) is 13.2 Å². The molecule has 1 aliphatic heterocycles. The van der Waals surface area contributed by atoms with Gasteiger partial charge < -0.3 is 24.8 Å². The van der Waals surface area contributed by atoms with Crippen LogP contribution in [-0.2, 0) is 0 Å². The molecule has 0 bridgehead atoms. The number of aliphatic imine (C=N–C) groups is 1. The molecular formula is C21H28IN3O3. The van der Waals surface area contributed by atoms with Gasteiger partial charge >= 0.3 is 0 Å². The molecule has 2 N–H and O–H groups in total. The van der Waals surface area contributed by atoms with Crippen molar-refractivity contribution in [1.29, 1.82) is 0 Å². The predicted octanol–water partition coefficient (Wildman–Crippen LogP) is 3.77. The maximum absolute atomic E-state index is 5.95. The van der Waals surface area contributed by atoms with Crippen molar-refractivity contribution in [2.75, 3.05) is 27.3 Å². The van der Waals surface area contributed by atoms with Crippen molar-refractivity contribution in [3.63, 3.8) is 0 Å². The average Bonchev–Trinajstić information content (AvgIpc) is 2.71. The van der Waals surface area contributed by atoms with E-state index in [1.54, 1.807) is 14.2 Å². The Bertz CT molecular complexity index is 785. The number of nitrogens with one attached hydrogen (secondary N) is 2. The van der Waals surface area contributed by atoms with E-state index in [1.807, 2.05) is 49.4 Å². The van der Waals surface area contributed by atoms with Crippen LogP contribution in [0.15, 0.2) is 53.5 Å². The fourth-order valence-electron chi connectivity index (χ4n) is 3.04. The minimum atomic E-state index is -0.0300. The van der Waals surface area contributed by atoms with Gasteiger partial charge in [0.05, 0.1) is 26.3 Å². The zero-order chi connectivity index (χ0) is 19.1. The van der Waals surface area contributed by atoms with Gasteiger partial charge in [0.2, 0.25) is 0 Å². The smallest absolute Gasteiger partial charge is 0.191 e. The standard InChI is InChI=1S/C21H27N3O3.HI/c1-15(27-17-8-6-7-16(13-17)25-3)14-23-21(22-2)24-19-11-12-26-20-10-5-4-9-18(19)20;/h4-10,13,15,19H,11-12,14H2,1-3H3,(H2,22,23,24);1H. The van der Waals surface area contributed by atoms with Crippen LogP contribution in [0.2, 0.25) is 0 Å². The van der Waals surface area contributed by atoms with Crippen LogP contribution in [0.5, 0.6) is 17.2 Å². The molecule has 6 nitrogen and oxygen atoms in total. The summed E-state index contributed by atoms with van der Waals surface area (Å²) in [6.45, 7) is 3.34. The van der Waals surface area contributed by atoms with Gasteiger partial charge in [-0.1, -0.05) is 24.3 Å². The molecule has 7 heteroatoms. The molecule has 3 rings (SSSR count). The first-order valence-electron chi connectivity index (χ1n) is 9.19. The van der Waals surface area contributed by atoms with Crippen LogP contribution in [-0.4, -0.2) is 39.4 Å². The molecule has 2 aromatic carbocycles. The zero-order valence-electron chi connectivity index (χ0n) is 16.5. The Balaban J connectivity index is 0.00000280. The molecule has 28 heavy (non-hydrogen) atoms. The van der Waals surface area contributed by atoms with E-state index in [9.17, 15) is 0 Å². The van der Waals surface area contributed by atoms with Gasteiger partial charge in [-0.15, -0.1) is 24.0 Å². The number of nitrogens with zero attached hydrogens (tertiary/aromatic N) is 1. The SMILES string of the molecule is CN=C(NCC(C)Oc1cccc(OC)c1)NC1CCOc2ccccc21.I. The van der Waals surface area contributed by atoms with E-state index in [1.165, 1.54) is 0 Å². The van der Waals surface area contributed by atoms with Gasteiger partial charge in [-0.2, -0.15) is 0 Å². The summed E-state index contributed by atoms with van der Waals surface area (Å²) in [4.78, 5) is 4.34. The maximum Gasteiger partial charge on any atom is 0.191 e. The van der Waals surface area contributed by atoms with Crippen molar-refractivity contribution in [2.45, 2.75) is 25.5 Å². The first-order valence-corrected chi connectivity index (χ1v) is 9.19. The number of rotatable bonds is 6. The summed E-state index contributed by atoms with van der Waals surface area (Å²) in [5, 5.41) is 6.82. The van der Waals surface area contributed by atoms with Crippen molar-refractivity contribution in [3.05, 3.63) is 54.1 Å². The van der Waals surface area contributed by atoms with Crippen molar-refractivity contribution in [2.24, 2.45) is 4.99 Å². The molecule has 2 aromatic rings. The summed E-state index contributed by atoms with van der Waals surface area (Å²) in [6.07, 6.45) is 0.866. The Kier molecular flexibility index (Phi) is 8.69. The quantitative estimate of drug-likeness (QED) is 0.362. The first-order chi connectivity index (χ1) is 13.2. The van der Waals surface area contributed by atoms with Gasteiger partial charge in [-0.25, -0.2) is 0 Å². The van der Waals surface area contributed by atoms with Crippen LogP contribution < -0.4 is 24.8 Å². The number of para-hydroxylation sites is 1. The number of benzene rings is 2. The second-order valence-electron chi connectivity index (χ2n) is 6.43. The lowest BCUT2D eigenvalue weighted by atomic mass is 10.0. The number of ether oxygens (including phenoxy) is 3. The summed E-state index contributed by atoms with van der Waals surface area (Å²) < 4.78 is 16.9. The van der Waals surface area contributed by atoms with E-state index >= 15 is 0 Å². The van der Waals surface area contributed by atoms with Crippen LogP contribution in [0, 0.1) is 0 Å². The van der Waals surface area contributed by atoms with Gasteiger partial charge in [0.1, 0.15) is 23.4 Å². The molecule has 0 fully saturated rings. The summed E-state index contributed by atoms with van der Waals surface area (Å²) in [5.41, 5.74) is 1.16. The second kappa shape index (κ2) is 11.0. The number of methoxy groups -OCH3 is 1. The fourth-order valence-corrected chi connectivity index (χ4v) is 3.04. The molecule has 152 valence electrons. The van der Waals surface area contributed by atoms with E-state index in [0.717, 1.165) is 35.2 Å². The number of hydrogen-bond donors (Lipinski definition) is 2. The van der Waals surface area contributed by atoms with Gasteiger partial charge in [0.25, 0.3) is 0 Å². The molecule has 2 atom stereocenters. The molecular weight excluding hydrogens is 469 g/mol. The van der Waals surface area contributed by atoms with Crippen LogP contribution in [0.1, 0.15) is 24.9 Å². The van der Waals surface area contributed by atoms with Crippen molar-refractivity contribution in [1.82, 2.24) is 10.6 Å². The third-order valence-electron chi connectivity index (χ3n) is 4.43. The van der Waals surface area contributed by atoms with Gasteiger partial charge in [0, 0.05) is 25.1 Å². The summed E-state index contributed by atoms with van der Waals surface area (Å²) in [5.74, 6) is 3.25. The highest BCUT2D eigenvalue weighted by molar-refractivity contribution is 14.0. The Morgan fingerprint density at radius 3 is 2.79 bits per heavy atom. The van der Waals surface area contributed by atoms with E-state index in [4.69, 9.17) is 14.2 Å². The molecule has 0 spiro atoms. The highest BCUT2D eigenvalue weighted by Gasteiger charge is 2.21. The topological polar surface area (TPSA) is 64.1 Å². The van der Waals surface area contributed by atoms with Gasteiger partial charge in [0.15, 0.2) is 5.96 Å². The van der Waals surface area contributed by atoms with Crippen LogP contribution in [0.3, 0.4) is 0 Å². The van der Waals surface area contributed by atoms with Gasteiger partial charge in [-0.3, -0.25) is 4.99 Å². The van der Waals surface area contributed by atoms with E-state index in [2.05, 4.69) is 21.7 Å². The van der Waals surface area contributed by atoms with Crippen molar-refractivity contribution < 1.29 is 14.2 Å². The molecule has 2 unspecified atom stereocenters. The van der Waals surface area contributed by atoms with Gasteiger partial charge in [-0.05, 0) is 25.1 Å². The Labute approximate surface area is 183 Å². The minimum Gasteiger partial charge on any atom is -0.497 e. The number of fused-ring (bicyclic) bond motifs is 1. The highest BCUT2D eigenvalue weighted by Crippen LogP contribution is 2.31. The molecule has 1 heterocycles. The molecule has 0 amide bonds. The fraction of sp³-hybridized carbons (Fsp3) is 0.381. The van der Waals surface area contributed by atoms with E-state index < -0.39 is 0 Å². The van der Waals surface area contributed by atoms with E-state index in [-0.39, 0.29) is 36.1 Å². The molecule has 0 radical (unpaired) electrons. The summed E-state index contributed by atoms with van der Waals surface area (Å²) in [6, 6.07) is 15.9. The normalized spacial score (nSPS) is 16.7. The zero-order valence-corrected chi connectivity index (χ0v) is 18.8. The average molecular weight is 497 g/mol. The summed E-state index contributed by atoms with van der Waals surface area (Å²) in [7, 11) is 3.42. The predicted molar refractivity (Wildman–Crippen MR) is 122 cm³/mol. The Morgan fingerprint density at radius 1 is 1.21 bits per heavy atom. The Hall–Kier alpha value is -2.16. The molecule has 0 aromatic heterocycles. The third-order valence-corrected chi connectivity index (χ3v) is 4.43. The number of halogens is 1. The van der Waals surface area contributed by atoms with Crippen LogP contribution in [0.4, 0.5) is 0 Å². The molecule has 0 aliphatic carbocycles. The highest BCUT2D eigenvalue weighted by atomic mass is 127. The first kappa shape index (κ1) is 22.1. The minimum absolute atomic E-state index is 0. The van der Waals surface area contributed by atoms with Crippen molar-refractivity contribution >= 4 is 29.9 Å².